The van der Waals surface area contributed by atoms with Gasteiger partial charge in [-0.15, -0.1) is 0 Å². The molecule has 3 aromatic rings. The van der Waals surface area contributed by atoms with Crippen LogP contribution in [0.25, 0.3) is 0 Å². The predicted octanol–water partition coefficient (Wildman–Crippen LogP) is 3.98. The second-order valence-corrected chi connectivity index (χ2v) is 7.16. The third-order valence-electron chi connectivity index (χ3n) is 5.30. The van der Waals surface area contributed by atoms with Gasteiger partial charge in [-0.2, -0.15) is 4.98 Å². The Balaban J connectivity index is 1.41. The molecule has 6 nitrogen and oxygen atoms in total. The second-order valence-electron chi connectivity index (χ2n) is 7.16. The molecular formula is C23H27N5O. The van der Waals surface area contributed by atoms with Crippen LogP contribution >= 0.6 is 0 Å². The highest BCUT2D eigenvalue weighted by molar-refractivity contribution is 5.59. The van der Waals surface area contributed by atoms with Crippen molar-refractivity contribution in [2.45, 2.75) is 13.0 Å². The number of benzene rings is 2. The lowest BCUT2D eigenvalue weighted by molar-refractivity contribution is 0.413. The number of nitrogens with one attached hydrogen (secondary N) is 1. The molecule has 1 aliphatic heterocycles. The summed E-state index contributed by atoms with van der Waals surface area (Å²) in [5.41, 5.74) is 2.38. The summed E-state index contributed by atoms with van der Waals surface area (Å²) < 4.78 is 5.51. The van der Waals surface area contributed by atoms with E-state index >= 15 is 0 Å². The van der Waals surface area contributed by atoms with Crippen LogP contribution in [0.5, 0.6) is 5.75 Å². The molecule has 150 valence electrons. The zero-order valence-electron chi connectivity index (χ0n) is 17.0. The van der Waals surface area contributed by atoms with Crippen molar-refractivity contribution in [3.63, 3.8) is 0 Å². The van der Waals surface area contributed by atoms with E-state index in [-0.39, 0.29) is 6.04 Å². The van der Waals surface area contributed by atoms with Gasteiger partial charge in [0.25, 0.3) is 0 Å². The summed E-state index contributed by atoms with van der Waals surface area (Å²) in [6.07, 6.45) is 1.83. The fourth-order valence-corrected chi connectivity index (χ4v) is 3.67. The third-order valence-corrected chi connectivity index (χ3v) is 5.30. The fraction of sp³-hybridized carbons (Fsp3) is 0.304. The van der Waals surface area contributed by atoms with Crippen LogP contribution in [-0.4, -0.2) is 43.3 Å². The number of methoxy groups -OCH3 is 1. The zero-order chi connectivity index (χ0) is 20.1. The van der Waals surface area contributed by atoms with Gasteiger partial charge in [0.15, 0.2) is 0 Å². The van der Waals surface area contributed by atoms with Gasteiger partial charge in [0, 0.05) is 38.4 Å². The van der Waals surface area contributed by atoms with Gasteiger partial charge in [-0.25, -0.2) is 4.98 Å². The lowest BCUT2D eigenvalue weighted by atomic mass is 10.1. The Hall–Kier alpha value is -3.28. The molecule has 1 aliphatic rings. The lowest BCUT2D eigenvalue weighted by Gasteiger charge is -2.36. The maximum atomic E-state index is 5.51. The van der Waals surface area contributed by atoms with Gasteiger partial charge in [0.05, 0.1) is 12.8 Å². The first-order chi connectivity index (χ1) is 14.2. The normalized spacial score (nSPS) is 15.1. The molecule has 1 atom stereocenters. The maximum absolute atomic E-state index is 5.51. The van der Waals surface area contributed by atoms with Gasteiger partial charge < -0.3 is 19.9 Å². The average molecular weight is 390 g/mol. The number of piperazine rings is 1. The van der Waals surface area contributed by atoms with E-state index in [0.717, 1.165) is 49.4 Å². The molecule has 0 spiro atoms. The molecule has 1 unspecified atom stereocenters. The summed E-state index contributed by atoms with van der Waals surface area (Å²) in [5.74, 6) is 2.53. The summed E-state index contributed by atoms with van der Waals surface area (Å²) in [4.78, 5) is 13.9. The van der Waals surface area contributed by atoms with E-state index in [1.165, 1.54) is 5.56 Å². The van der Waals surface area contributed by atoms with Crippen molar-refractivity contribution in [3.8, 4) is 5.75 Å². The highest BCUT2D eigenvalue weighted by atomic mass is 16.5. The Kier molecular flexibility index (Phi) is 5.79. The molecule has 1 saturated heterocycles. The Morgan fingerprint density at radius 1 is 0.897 bits per heavy atom. The van der Waals surface area contributed by atoms with E-state index in [4.69, 9.17) is 9.72 Å². The van der Waals surface area contributed by atoms with Crippen molar-refractivity contribution in [2.24, 2.45) is 0 Å². The molecule has 1 aromatic heterocycles. The molecule has 1 fully saturated rings. The zero-order valence-corrected chi connectivity index (χ0v) is 17.0. The summed E-state index contributed by atoms with van der Waals surface area (Å²) >= 11 is 0. The van der Waals surface area contributed by atoms with Crippen LogP contribution in [0, 0.1) is 0 Å². The standard InChI is InChI=1S/C23H27N5O/c1-18(19-8-4-3-5-9-19)25-22-12-13-24-23(26-22)28-16-14-27(15-17-28)20-10-6-7-11-21(20)29-2/h3-13,18H,14-17H2,1-2H3,(H,24,25,26). The molecule has 1 N–H and O–H groups in total. The number of ether oxygens (including phenoxy) is 1. The molecular weight excluding hydrogens is 362 g/mol. The van der Waals surface area contributed by atoms with Crippen LogP contribution in [0.3, 0.4) is 0 Å². The van der Waals surface area contributed by atoms with E-state index < -0.39 is 0 Å². The first-order valence-electron chi connectivity index (χ1n) is 10.0. The van der Waals surface area contributed by atoms with Crippen LogP contribution in [0.4, 0.5) is 17.5 Å². The number of hydrogen-bond donors (Lipinski definition) is 1. The average Bonchev–Trinajstić information content (AvgIpc) is 2.80. The Morgan fingerprint density at radius 2 is 1.59 bits per heavy atom. The van der Waals surface area contributed by atoms with E-state index in [0.29, 0.717) is 0 Å². The summed E-state index contributed by atoms with van der Waals surface area (Å²) in [7, 11) is 1.72. The summed E-state index contributed by atoms with van der Waals surface area (Å²) in [5, 5.41) is 3.48. The minimum absolute atomic E-state index is 0.182. The van der Waals surface area contributed by atoms with Crippen LogP contribution in [0.15, 0.2) is 66.9 Å². The van der Waals surface area contributed by atoms with Crippen LogP contribution in [-0.2, 0) is 0 Å². The van der Waals surface area contributed by atoms with Crippen molar-refractivity contribution < 1.29 is 4.74 Å². The molecule has 0 bridgehead atoms. The second kappa shape index (κ2) is 8.82. The first kappa shape index (κ1) is 19.1. The quantitative estimate of drug-likeness (QED) is 0.688. The van der Waals surface area contributed by atoms with E-state index in [1.807, 2.05) is 30.5 Å². The monoisotopic (exact) mass is 389 g/mol. The summed E-state index contributed by atoms with van der Waals surface area (Å²) in [6.45, 7) is 5.69. The number of nitrogens with zero attached hydrogens (tertiary/aromatic N) is 4. The van der Waals surface area contributed by atoms with Gasteiger partial charge in [-0.3, -0.25) is 0 Å². The molecule has 0 amide bonds. The van der Waals surface area contributed by atoms with Gasteiger partial charge in [0.1, 0.15) is 11.6 Å². The van der Waals surface area contributed by atoms with Crippen LogP contribution in [0.1, 0.15) is 18.5 Å². The number of aromatic nitrogens is 2. The van der Waals surface area contributed by atoms with Gasteiger partial charge in [-0.1, -0.05) is 42.5 Å². The van der Waals surface area contributed by atoms with E-state index in [2.05, 4.69) is 63.4 Å². The Bertz CT molecular complexity index is 925. The molecule has 0 aliphatic carbocycles. The largest absolute Gasteiger partial charge is 0.495 e. The van der Waals surface area contributed by atoms with Gasteiger partial charge in [-0.05, 0) is 30.7 Å². The molecule has 6 heteroatoms. The Labute approximate surface area is 172 Å². The smallest absolute Gasteiger partial charge is 0.227 e. The molecule has 2 aromatic carbocycles. The minimum Gasteiger partial charge on any atom is -0.495 e. The summed E-state index contributed by atoms with van der Waals surface area (Å²) in [6, 6.07) is 20.7. The van der Waals surface area contributed by atoms with Crippen molar-refractivity contribution in [2.75, 3.05) is 48.4 Å². The van der Waals surface area contributed by atoms with Gasteiger partial charge in [0.2, 0.25) is 5.95 Å². The van der Waals surface area contributed by atoms with Crippen molar-refractivity contribution in [3.05, 3.63) is 72.4 Å². The number of anilines is 3. The van der Waals surface area contributed by atoms with Crippen molar-refractivity contribution in [1.29, 1.82) is 0 Å². The highest BCUT2D eigenvalue weighted by Gasteiger charge is 2.21. The van der Waals surface area contributed by atoms with Crippen LogP contribution in [0.2, 0.25) is 0 Å². The van der Waals surface area contributed by atoms with E-state index in [1.54, 1.807) is 7.11 Å². The Morgan fingerprint density at radius 3 is 2.34 bits per heavy atom. The molecule has 4 rings (SSSR count). The topological polar surface area (TPSA) is 53.5 Å². The molecule has 29 heavy (non-hydrogen) atoms. The van der Waals surface area contributed by atoms with Crippen molar-refractivity contribution in [1.82, 2.24) is 9.97 Å². The number of para-hydroxylation sites is 2. The first-order valence-corrected chi connectivity index (χ1v) is 10.0. The predicted molar refractivity (Wildman–Crippen MR) is 118 cm³/mol. The SMILES string of the molecule is COc1ccccc1N1CCN(c2nccc(NC(C)c3ccccc3)n2)CC1. The van der Waals surface area contributed by atoms with Crippen LogP contribution < -0.4 is 19.9 Å². The maximum Gasteiger partial charge on any atom is 0.227 e. The fourth-order valence-electron chi connectivity index (χ4n) is 3.67. The minimum atomic E-state index is 0.182. The van der Waals surface area contributed by atoms with Crippen molar-refractivity contribution >= 4 is 17.5 Å². The molecule has 0 radical (unpaired) electrons. The lowest BCUT2D eigenvalue weighted by Crippen LogP contribution is -2.47. The molecule has 2 heterocycles. The van der Waals surface area contributed by atoms with E-state index in [9.17, 15) is 0 Å². The number of rotatable bonds is 6. The number of hydrogen-bond acceptors (Lipinski definition) is 6. The van der Waals surface area contributed by atoms with Gasteiger partial charge >= 0.3 is 0 Å². The third kappa shape index (κ3) is 4.42. The highest BCUT2D eigenvalue weighted by Crippen LogP contribution is 2.29. The molecule has 0 saturated carbocycles.